The number of aromatic nitrogens is 2. The quantitative estimate of drug-likeness (QED) is 0.886. The van der Waals surface area contributed by atoms with Crippen LogP contribution in [0.3, 0.4) is 0 Å². The van der Waals surface area contributed by atoms with Crippen LogP contribution >= 0.6 is 11.3 Å². The third-order valence-corrected chi connectivity index (χ3v) is 5.55. The SMILES string of the molecule is O=C(CN1CCN(c2ccccc2F)CC1)Nc1nnc(C2CC2)s1. The Balaban J connectivity index is 1.26. The molecule has 0 spiro atoms. The van der Waals surface area contributed by atoms with Crippen LogP contribution in [0.5, 0.6) is 0 Å². The van der Waals surface area contributed by atoms with Crippen molar-refractivity contribution in [1.29, 1.82) is 0 Å². The van der Waals surface area contributed by atoms with Crippen molar-refractivity contribution in [2.75, 3.05) is 42.9 Å². The summed E-state index contributed by atoms with van der Waals surface area (Å²) < 4.78 is 13.9. The number of nitrogens with zero attached hydrogens (tertiary/aromatic N) is 4. The molecule has 1 aliphatic heterocycles. The number of para-hydroxylation sites is 1. The van der Waals surface area contributed by atoms with E-state index >= 15 is 0 Å². The molecular weight excluding hydrogens is 341 g/mol. The smallest absolute Gasteiger partial charge is 0.240 e. The molecule has 0 bridgehead atoms. The minimum absolute atomic E-state index is 0.0714. The first-order chi connectivity index (χ1) is 12.2. The summed E-state index contributed by atoms with van der Waals surface area (Å²) in [6, 6.07) is 6.81. The van der Waals surface area contributed by atoms with Gasteiger partial charge in [0.25, 0.3) is 0 Å². The Morgan fingerprint density at radius 1 is 1.20 bits per heavy atom. The number of amides is 1. The molecule has 2 aliphatic rings. The summed E-state index contributed by atoms with van der Waals surface area (Å²) in [6.07, 6.45) is 2.35. The number of rotatable bonds is 5. The molecule has 1 aromatic heterocycles. The van der Waals surface area contributed by atoms with Crippen molar-refractivity contribution in [2.24, 2.45) is 0 Å². The Morgan fingerprint density at radius 2 is 1.96 bits per heavy atom. The van der Waals surface area contributed by atoms with Gasteiger partial charge in [0.1, 0.15) is 10.8 Å². The summed E-state index contributed by atoms with van der Waals surface area (Å²) in [5, 5.41) is 12.6. The Kier molecular flexibility index (Phi) is 4.63. The van der Waals surface area contributed by atoms with E-state index in [4.69, 9.17) is 0 Å². The van der Waals surface area contributed by atoms with Crippen molar-refractivity contribution in [3.8, 4) is 0 Å². The van der Waals surface area contributed by atoms with Gasteiger partial charge in [-0.3, -0.25) is 15.0 Å². The molecule has 132 valence electrons. The minimum atomic E-state index is -0.198. The highest BCUT2D eigenvalue weighted by Crippen LogP contribution is 2.42. The molecule has 2 fully saturated rings. The van der Waals surface area contributed by atoms with Gasteiger partial charge >= 0.3 is 0 Å². The number of hydrogen-bond donors (Lipinski definition) is 1. The van der Waals surface area contributed by atoms with E-state index in [9.17, 15) is 9.18 Å². The van der Waals surface area contributed by atoms with E-state index in [1.165, 1.54) is 30.2 Å². The van der Waals surface area contributed by atoms with Gasteiger partial charge in [0, 0.05) is 32.1 Å². The highest BCUT2D eigenvalue weighted by molar-refractivity contribution is 7.15. The number of carbonyl (C=O) groups is 1. The predicted molar refractivity (Wildman–Crippen MR) is 95.6 cm³/mol. The summed E-state index contributed by atoms with van der Waals surface area (Å²) in [5.74, 6) is 0.281. The van der Waals surface area contributed by atoms with Crippen LogP contribution in [0.4, 0.5) is 15.2 Å². The van der Waals surface area contributed by atoms with Crippen LogP contribution in [0.2, 0.25) is 0 Å². The number of anilines is 2. The zero-order valence-electron chi connectivity index (χ0n) is 13.8. The molecule has 1 N–H and O–H groups in total. The van der Waals surface area contributed by atoms with Gasteiger partial charge in [-0.1, -0.05) is 23.5 Å². The van der Waals surface area contributed by atoms with E-state index in [-0.39, 0.29) is 11.7 Å². The molecule has 0 atom stereocenters. The van der Waals surface area contributed by atoms with Gasteiger partial charge in [0.2, 0.25) is 11.0 Å². The lowest BCUT2D eigenvalue weighted by molar-refractivity contribution is -0.117. The lowest BCUT2D eigenvalue weighted by atomic mass is 10.2. The topological polar surface area (TPSA) is 61.4 Å². The van der Waals surface area contributed by atoms with Gasteiger partial charge in [0.05, 0.1) is 12.2 Å². The van der Waals surface area contributed by atoms with E-state index in [0.29, 0.717) is 36.4 Å². The highest BCUT2D eigenvalue weighted by Gasteiger charge is 2.28. The van der Waals surface area contributed by atoms with Crippen LogP contribution in [0.1, 0.15) is 23.8 Å². The van der Waals surface area contributed by atoms with Crippen molar-refractivity contribution >= 4 is 28.1 Å². The number of halogens is 1. The molecule has 1 saturated carbocycles. The van der Waals surface area contributed by atoms with E-state index in [1.54, 1.807) is 12.1 Å². The first-order valence-corrected chi connectivity index (χ1v) is 9.36. The summed E-state index contributed by atoms with van der Waals surface area (Å²) in [4.78, 5) is 16.3. The zero-order valence-corrected chi connectivity index (χ0v) is 14.6. The molecule has 8 heteroatoms. The summed E-state index contributed by atoms with van der Waals surface area (Å²) in [5.41, 5.74) is 0.632. The summed E-state index contributed by atoms with van der Waals surface area (Å²) >= 11 is 1.47. The summed E-state index contributed by atoms with van der Waals surface area (Å²) in [7, 11) is 0. The largest absolute Gasteiger partial charge is 0.367 e. The normalized spacial score (nSPS) is 18.4. The van der Waals surface area contributed by atoms with Crippen LogP contribution in [-0.4, -0.2) is 53.7 Å². The Bertz CT molecular complexity index is 755. The fourth-order valence-electron chi connectivity index (χ4n) is 3.00. The summed E-state index contributed by atoms with van der Waals surface area (Å²) in [6.45, 7) is 3.19. The third kappa shape index (κ3) is 3.96. The maximum atomic E-state index is 13.9. The number of piperazine rings is 1. The molecule has 0 unspecified atom stereocenters. The number of hydrogen-bond acceptors (Lipinski definition) is 6. The Morgan fingerprint density at radius 3 is 2.68 bits per heavy atom. The van der Waals surface area contributed by atoms with Gasteiger partial charge in [-0.25, -0.2) is 4.39 Å². The minimum Gasteiger partial charge on any atom is -0.367 e. The average molecular weight is 361 g/mol. The predicted octanol–water partition coefficient (Wildman–Crippen LogP) is 2.32. The van der Waals surface area contributed by atoms with Gasteiger partial charge in [0.15, 0.2) is 0 Å². The Labute approximate surface area is 149 Å². The first-order valence-electron chi connectivity index (χ1n) is 8.54. The fraction of sp³-hybridized carbons (Fsp3) is 0.471. The second-order valence-electron chi connectivity index (χ2n) is 6.48. The van der Waals surface area contributed by atoms with E-state index < -0.39 is 0 Å². The third-order valence-electron chi connectivity index (χ3n) is 4.55. The fourth-order valence-corrected chi connectivity index (χ4v) is 3.93. The van der Waals surface area contributed by atoms with Crippen molar-refractivity contribution in [3.63, 3.8) is 0 Å². The van der Waals surface area contributed by atoms with Crippen LogP contribution in [0.25, 0.3) is 0 Å². The highest BCUT2D eigenvalue weighted by atomic mass is 32.1. The van der Waals surface area contributed by atoms with E-state index in [0.717, 1.165) is 18.1 Å². The van der Waals surface area contributed by atoms with Crippen molar-refractivity contribution in [3.05, 3.63) is 35.1 Å². The maximum absolute atomic E-state index is 13.9. The molecule has 0 radical (unpaired) electrons. The van der Waals surface area contributed by atoms with Crippen molar-refractivity contribution < 1.29 is 9.18 Å². The van der Waals surface area contributed by atoms with Crippen LogP contribution in [0.15, 0.2) is 24.3 Å². The number of benzene rings is 1. The standard InChI is InChI=1S/C17H20FN5OS/c18-13-3-1-2-4-14(13)23-9-7-22(8-10-23)11-15(24)19-17-21-20-16(25-17)12-5-6-12/h1-4,12H,5-11H2,(H,19,21,24). The van der Waals surface area contributed by atoms with Gasteiger partial charge < -0.3 is 4.90 Å². The maximum Gasteiger partial charge on any atom is 0.240 e. The zero-order chi connectivity index (χ0) is 17.2. The number of nitrogens with one attached hydrogen (secondary N) is 1. The van der Waals surface area contributed by atoms with Crippen molar-refractivity contribution in [2.45, 2.75) is 18.8 Å². The average Bonchev–Trinajstić information content (AvgIpc) is 3.36. The second kappa shape index (κ2) is 7.05. The van der Waals surface area contributed by atoms with Gasteiger partial charge in [-0.05, 0) is 25.0 Å². The lowest BCUT2D eigenvalue weighted by Gasteiger charge is -2.35. The first kappa shape index (κ1) is 16.4. The van der Waals surface area contributed by atoms with Gasteiger partial charge in [-0.2, -0.15) is 0 Å². The molecule has 25 heavy (non-hydrogen) atoms. The molecule has 1 aliphatic carbocycles. The van der Waals surface area contributed by atoms with Crippen molar-refractivity contribution in [1.82, 2.24) is 15.1 Å². The molecular formula is C17H20FN5OS. The van der Waals surface area contributed by atoms with Crippen LogP contribution in [0, 0.1) is 5.82 Å². The molecule has 4 rings (SSSR count). The second-order valence-corrected chi connectivity index (χ2v) is 7.49. The van der Waals surface area contributed by atoms with E-state index in [1.807, 2.05) is 11.0 Å². The van der Waals surface area contributed by atoms with Crippen LogP contribution < -0.4 is 10.2 Å². The van der Waals surface area contributed by atoms with Gasteiger partial charge in [-0.15, -0.1) is 10.2 Å². The molecule has 6 nitrogen and oxygen atoms in total. The number of carbonyl (C=O) groups excluding carboxylic acids is 1. The van der Waals surface area contributed by atoms with E-state index in [2.05, 4.69) is 20.4 Å². The molecule has 2 aromatic rings. The monoisotopic (exact) mass is 361 g/mol. The molecule has 1 saturated heterocycles. The molecule has 1 amide bonds. The Hall–Kier alpha value is -2.06. The lowest BCUT2D eigenvalue weighted by Crippen LogP contribution is -2.48. The molecule has 1 aromatic carbocycles. The molecule has 2 heterocycles. The van der Waals surface area contributed by atoms with Crippen LogP contribution in [-0.2, 0) is 4.79 Å².